The highest BCUT2D eigenvalue weighted by molar-refractivity contribution is 6.00. The predicted molar refractivity (Wildman–Crippen MR) is 97.1 cm³/mol. The monoisotopic (exact) mass is 334 g/mol. The highest BCUT2D eigenvalue weighted by Gasteiger charge is 2.19. The SMILES string of the molecule is Nc1nc(-c2cc(NC3CCCC3)nc3[nH]ccc23)c2[nH]cnc2n1. The molecule has 8 nitrogen and oxygen atoms in total. The number of aromatic nitrogens is 6. The van der Waals surface area contributed by atoms with Gasteiger partial charge in [0.25, 0.3) is 0 Å². The quantitative estimate of drug-likeness (QED) is 0.457. The van der Waals surface area contributed by atoms with Gasteiger partial charge in [0.05, 0.1) is 6.33 Å². The Morgan fingerprint density at radius 1 is 1.12 bits per heavy atom. The zero-order chi connectivity index (χ0) is 16.8. The maximum Gasteiger partial charge on any atom is 0.222 e. The number of aromatic amines is 2. The van der Waals surface area contributed by atoms with Gasteiger partial charge in [-0.2, -0.15) is 4.98 Å². The maximum absolute atomic E-state index is 5.90. The second-order valence-electron chi connectivity index (χ2n) is 6.45. The third-order valence-electron chi connectivity index (χ3n) is 4.79. The molecule has 0 spiro atoms. The van der Waals surface area contributed by atoms with E-state index in [1.807, 2.05) is 18.3 Å². The van der Waals surface area contributed by atoms with Crippen molar-refractivity contribution in [2.24, 2.45) is 0 Å². The van der Waals surface area contributed by atoms with E-state index in [0.717, 1.165) is 33.6 Å². The van der Waals surface area contributed by atoms with Crippen molar-refractivity contribution in [2.45, 2.75) is 31.7 Å². The van der Waals surface area contributed by atoms with E-state index in [2.05, 4.69) is 30.2 Å². The summed E-state index contributed by atoms with van der Waals surface area (Å²) in [7, 11) is 0. The van der Waals surface area contributed by atoms with Crippen LogP contribution in [0.25, 0.3) is 33.5 Å². The molecule has 1 aliphatic carbocycles. The Balaban J connectivity index is 1.71. The number of nitrogens with one attached hydrogen (secondary N) is 3. The molecule has 0 unspecified atom stereocenters. The van der Waals surface area contributed by atoms with Crippen molar-refractivity contribution in [1.29, 1.82) is 0 Å². The number of hydrogen-bond acceptors (Lipinski definition) is 6. The number of fused-ring (bicyclic) bond motifs is 2. The molecule has 0 atom stereocenters. The summed E-state index contributed by atoms with van der Waals surface area (Å²) in [6.07, 6.45) is 8.40. The van der Waals surface area contributed by atoms with Gasteiger partial charge in [-0.1, -0.05) is 12.8 Å². The van der Waals surface area contributed by atoms with Gasteiger partial charge in [-0.15, -0.1) is 0 Å². The predicted octanol–water partition coefficient (Wildman–Crippen LogP) is 2.83. The van der Waals surface area contributed by atoms with E-state index < -0.39 is 0 Å². The van der Waals surface area contributed by atoms with Crippen LogP contribution in [0.4, 0.5) is 11.8 Å². The third kappa shape index (κ3) is 2.37. The molecule has 1 saturated carbocycles. The molecule has 4 aromatic heterocycles. The van der Waals surface area contributed by atoms with E-state index >= 15 is 0 Å². The third-order valence-corrected chi connectivity index (χ3v) is 4.79. The first-order valence-electron chi connectivity index (χ1n) is 8.49. The maximum atomic E-state index is 5.90. The average molecular weight is 334 g/mol. The van der Waals surface area contributed by atoms with Crippen LogP contribution in [0.2, 0.25) is 0 Å². The van der Waals surface area contributed by atoms with Crippen LogP contribution < -0.4 is 11.1 Å². The molecule has 5 N–H and O–H groups in total. The fraction of sp³-hybridized carbons (Fsp3) is 0.294. The summed E-state index contributed by atoms with van der Waals surface area (Å²) in [4.78, 5) is 23.9. The number of hydrogen-bond donors (Lipinski definition) is 4. The molecule has 8 heteroatoms. The van der Waals surface area contributed by atoms with E-state index in [0.29, 0.717) is 11.7 Å². The lowest BCUT2D eigenvalue weighted by molar-refractivity contribution is 0.751. The summed E-state index contributed by atoms with van der Waals surface area (Å²) in [5.74, 6) is 1.06. The minimum absolute atomic E-state index is 0.209. The van der Waals surface area contributed by atoms with Gasteiger partial charge in [-0.05, 0) is 25.0 Å². The van der Waals surface area contributed by atoms with Gasteiger partial charge in [0.15, 0.2) is 5.65 Å². The summed E-state index contributed by atoms with van der Waals surface area (Å²) < 4.78 is 0. The van der Waals surface area contributed by atoms with Crippen LogP contribution in [0.5, 0.6) is 0 Å². The average Bonchev–Trinajstić information content (AvgIpc) is 3.34. The van der Waals surface area contributed by atoms with Crippen molar-refractivity contribution in [2.75, 3.05) is 11.1 Å². The number of H-pyrrole nitrogens is 2. The lowest BCUT2D eigenvalue weighted by Gasteiger charge is -2.14. The topological polar surface area (TPSA) is 121 Å². The van der Waals surface area contributed by atoms with Gasteiger partial charge in [-0.3, -0.25) is 0 Å². The first-order chi connectivity index (χ1) is 12.3. The van der Waals surface area contributed by atoms with Gasteiger partial charge >= 0.3 is 0 Å². The summed E-state index contributed by atoms with van der Waals surface area (Å²) in [6.45, 7) is 0. The molecular weight excluding hydrogens is 316 g/mol. The molecule has 126 valence electrons. The number of nitrogens with zero attached hydrogens (tertiary/aromatic N) is 4. The van der Waals surface area contributed by atoms with Gasteiger partial charge in [-0.25, -0.2) is 15.0 Å². The lowest BCUT2D eigenvalue weighted by Crippen LogP contribution is -2.15. The Hall–Kier alpha value is -3.16. The standard InChI is InChI=1S/C17H18N8/c18-17-24-13(14-16(25-17)21-8-20-14)11-7-12(22-9-3-1-2-4-9)23-15-10(11)5-6-19-15/h5-9H,1-4H2,(H2,19,22,23)(H3,18,20,21,24,25). The van der Waals surface area contributed by atoms with E-state index in [1.165, 1.54) is 25.7 Å². The number of imidazole rings is 1. The van der Waals surface area contributed by atoms with Crippen molar-refractivity contribution in [3.8, 4) is 11.3 Å². The molecule has 0 aromatic carbocycles. The van der Waals surface area contributed by atoms with Crippen molar-refractivity contribution in [3.05, 3.63) is 24.7 Å². The summed E-state index contributed by atoms with van der Waals surface area (Å²) in [6, 6.07) is 4.52. The molecule has 25 heavy (non-hydrogen) atoms. The Morgan fingerprint density at radius 3 is 2.88 bits per heavy atom. The molecule has 4 aromatic rings. The number of nitrogen functional groups attached to an aromatic ring is 1. The van der Waals surface area contributed by atoms with Crippen molar-refractivity contribution in [1.82, 2.24) is 29.9 Å². The van der Waals surface area contributed by atoms with Gasteiger partial charge in [0, 0.05) is 23.2 Å². The van der Waals surface area contributed by atoms with Crippen LogP contribution in [-0.4, -0.2) is 35.9 Å². The number of pyridine rings is 1. The Labute approximate surface area is 143 Å². The van der Waals surface area contributed by atoms with E-state index in [1.54, 1.807) is 6.33 Å². The van der Waals surface area contributed by atoms with Gasteiger partial charge < -0.3 is 21.0 Å². The molecule has 0 aliphatic heterocycles. The van der Waals surface area contributed by atoms with Crippen LogP contribution in [0.1, 0.15) is 25.7 Å². The second-order valence-corrected chi connectivity index (χ2v) is 6.45. The van der Waals surface area contributed by atoms with Crippen molar-refractivity contribution >= 4 is 34.0 Å². The Bertz CT molecular complexity index is 1060. The van der Waals surface area contributed by atoms with Gasteiger partial charge in [0.1, 0.15) is 22.7 Å². The van der Waals surface area contributed by atoms with Crippen LogP contribution in [0.3, 0.4) is 0 Å². The minimum Gasteiger partial charge on any atom is -0.368 e. The van der Waals surface area contributed by atoms with Crippen LogP contribution >= 0.6 is 0 Å². The fourth-order valence-electron chi connectivity index (χ4n) is 3.63. The van der Waals surface area contributed by atoms with Crippen LogP contribution in [0.15, 0.2) is 24.7 Å². The van der Waals surface area contributed by atoms with E-state index in [4.69, 9.17) is 10.7 Å². The number of anilines is 2. The second kappa shape index (κ2) is 5.44. The molecule has 5 rings (SSSR count). The Morgan fingerprint density at radius 2 is 2.00 bits per heavy atom. The molecule has 1 aliphatic rings. The highest BCUT2D eigenvalue weighted by atomic mass is 15.1. The van der Waals surface area contributed by atoms with E-state index in [9.17, 15) is 0 Å². The minimum atomic E-state index is 0.209. The normalized spacial score (nSPS) is 15.4. The Kier molecular flexibility index (Phi) is 3.09. The zero-order valence-corrected chi connectivity index (χ0v) is 13.6. The first kappa shape index (κ1) is 14.2. The van der Waals surface area contributed by atoms with Gasteiger partial charge in [0.2, 0.25) is 5.95 Å². The zero-order valence-electron chi connectivity index (χ0n) is 13.6. The highest BCUT2D eigenvalue weighted by Crippen LogP contribution is 2.33. The molecule has 4 heterocycles. The molecule has 1 fully saturated rings. The molecular formula is C17H18N8. The number of nitrogens with two attached hydrogens (primary N) is 1. The largest absolute Gasteiger partial charge is 0.368 e. The summed E-state index contributed by atoms with van der Waals surface area (Å²) in [5.41, 5.74) is 9.75. The lowest BCUT2D eigenvalue weighted by atomic mass is 10.1. The summed E-state index contributed by atoms with van der Waals surface area (Å²) in [5, 5.41) is 4.55. The van der Waals surface area contributed by atoms with Crippen molar-refractivity contribution < 1.29 is 0 Å². The van der Waals surface area contributed by atoms with Crippen LogP contribution in [-0.2, 0) is 0 Å². The van der Waals surface area contributed by atoms with E-state index in [-0.39, 0.29) is 5.95 Å². The smallest absolute Gasteiger partial charge is 0.222 e. The van der Waals surface area contributed by atoms with Crippen molar-refractivity contribution in [3.63, 3.8) is 0 Å². The summed E-state index contributed by atoms with van der Waals surface area (Å²) >= 11 is 0. The first-order valence-corrected chi connectivity index (χ1v) is 8.49. The molecule has 0 radical (unpaired) electrons. The molecule has 0 amide bonds. The molecule has 0 saturated heterocycles. The fourth-order valence-corrected chi connectivity index (χ4v) is 3.63. The molecule has 0 bridgehead atoms. The van der Waals surface area contributed by atoms with Crippen LogP contribution in [0, 0.1) is 0 Å². The number of rotatable bonds is 3.